The molecule has 0 N–H and O–H groups in total. The third kappa shape index (κ3) is 6.18. The van der Waals surface area contributed by atoms with Crippen molar-refractivity contribution in [3.63, 3.8) is 0 Å². The van der Waals surface area contributed by atoms with Gasteiger partial charge in [0.2, 0.25) is 0 Å². The summed E-state index contributed by atoms with van der Waals surface area (Å²) < 4.78 is 9.07. The lowest BCUT2D eigenvalue weighted by Crippen LogP contribution is -2.38. The quantitative estimate of drug-likeness (QED) is 0.178. The molecule has 1 saturated heterocycles. The summed E-state index contributed by atoms with van der Waals surface area (Å²) in [7, 11) is 0. The number of piperidine rings is 1. The number of hydrogen-bond donors (Lipinski definition) is 0. The van der Waals surface area contributed by atoms with Crippen molar-refractivity contribution in [3.8, 4) is 0 Å². The van der Waals surface area contributed by atoms with Crippen molar-refractivity contribution < 1.29 is 4.74 Å². The lowest BCUT2D eigenvalue weighted by atomic mass is 10.0. The van der Waals surface area contributed by atoms with Crippen molar-refractivity contribution >= 4 is 44.9 Å². The second kappa shape index (κ2) is 11.6. The summed E-state index contributed by atoms with van der Waals surface area (Å²) in [5.41, 5.74) is 3.15. The summed E-state index contributed by atoms with van der Waals surface area (Å²) in [6.45, 7) is 3.28. The van der Waals surface area contributed by atoms with Crippen LogP contribution >= 0.6 is 34.7 Å². The van der Waals surface area contributed by atoms with Gasteiger partial charge in [-0.3, -0.25) is 4.98 Å². The van der Waals surface area contributed by atoms with Crippen molar-refractivity contribution in [1.29, 1.82) is 0 Å². The Morgan fingerprint density at radius 1 is 1.03 bits per heavy atom. The average Bonchev–Trinajstić information content (AvgIpc) is 3.30. The molecule has 4 aromatic rings. The highest BCUT2D eigenvalue weighted by atomic mass is 35.5. The van der Waals surface area contributed by atoms with E-state index in [0.29, 0.717) is 0 Å². The summed E-state index contributed by atoms with van der Waals surface area (Å²) in [4.78, 5) is 11.9. The van der Waals surface area contributed by atoms with Gasteiger partial charge in [-0.25, -0.2) is 4.98 Å². The Labute approximate surface area is 214 Å². The molecule has 1 fully saturated rings. The first-order valence-corrected chi connectivity index (χ1v) is 14.0. The number of benzene rings is 2. The summed E-state index contributed by atoms with van der Waals surface area (Å²) in [6, 6.07) is 22.3. The Morgan fingerprint density at radius 2 is 1.82 bits per heavy atom. The lowest BCUT2D eigenvalue weighted by Gasteiger charge is -2.34. The van der Waals surface area contributed by atoms with Crippen LogP contribution in [-0.2, 0) is 4.74 Å². The van der Waals surface area contributed by atoms with Crippen molar-refractivity contribution in [2.75, 3.05) is 25.4 Å². The number of aromatic nitrogens is 2. The highest BCUT2D eigenvalue weighted by molar-refractivity contribution is 8.01. The third-order valence-corrected chi connectivity index (χ3v) is 8.63. The monoisotopic (exact) mass is 509 g/mol. The van der Waals surface area contributed by atoms with Crippen LogP contribution in [0.4, 0.5) is 0 Å². The fraction of sp³-hybridized carbons (Fsp3) is 0.333. The summed E-state index contributed by atoms with van der Waals surface area (Å²) in [5, 5.41) is 0.734. The van der Waals surface area contributed by atoms with Crippen molar-refractivity contribution in [2.45, 2.75) is 35.8 Å². The van der Waals surface area contributed by atoms with Crippen LogP contribution in [0.5, 0.6) is 0 Å². The third-order valence-electron chi connectivity index (χ3n) is 6.11. The molecule has 0 radical (unpaired) electrons. The van der Waals surface area contributed by atoms with Crippen LogP contribution in [0.25, 0.3) is 10.2 Å². The molecule has 0 spiro atoms. The minimum Gasteiger partial charge on any atom is -0.364 e. The van der Waals surface area contributed by atoms with Crippen LogP contribution in [0.1, 0.15) is 36.6 Å². The molecule has 176 valence electrons. The topological polar surface area (TPSA) is 38.2 Å². The number of rotatable bonds is 9. The highest BCUT2D eigenvalue weighted by Crippen LogP contribution is 2.31. The van der Waals surface area contributed by atoms with Crippen molar-refractivity contribution in [1.82, 2.24) is 14.9 Å². The number of fused-ring (bicyclic) bond motifs is 1. The number of ether oxygens (including phenoxy) is 1. The largest absolute Gasteiger partial charge is 0.364 e. The van der Waals surface area contributed by atoms with E-state index in [1.165, 1.54) is 15.5 Å². The molecule has 3 heterocycles. The lowest BCUT2D eigenvalue weighted by molar-refractivity contribution is -0.0284. The van der Waals surface area contributed by atoms with E-state index in [1.807, 2.05) is 60.4 Å². The maximum absolute atomic E-state index is 6.62. The second-order valence-electron chi connectivity index (χ2n) is 8.51. The van der Waals surface area contributed by atoms with Gasteiger partial charge in [-0.15, -0.1) is 11.3 Å². The molecule has 0 bridgehead atoms. The van der Waals surface area contributed by atoms with Gasteiger partial charge in [-0.1, -0.05) is 53.7 Å². The van der Waals surface area contributed by atoms with Gasteiger partial charge >= 0.3 is 0 Å². The first-order chi connectivity index (χ1) is 16.7. The molecule has 34 heavy (non-hydrogen) atoms. The number of pyridine rings is 1. The van der Waals surface area contributed by atoms with E-state index in [-0.39, 0.29) is 12.2 Å². The van der Waals surface area contributed by atoms with Crippen molar-refractivity contribution in [3.05, 3.63) is 89.2 Å². The van der Waals surface area contributed by atoms with Gasteiger partial charge in [0, 0.05) is 30.1 Å². The maximum Gasteiger partial charge on any atom is 0.151 e. The molecule has 7 heteroatoms. The van der Waals surface area contributed by atoms with Gasteiger partial charge in [-0.2, -0.15) is 0 Å². The zero-order chi connectivity index (χ0) is 23.2. The van der Waals surface area contributed by atoms with Gasteiger partial charge in [-0.05, 0) is 67.8 Å². The minimum absolute atomic E-state index is 0.166. The predicted molar refractivity (Wildman–Crippen MR) is 143 cm³/mol. The molecule has 0 aliphatic carbocycles. The maximum atomic E-state index is 6.62. The Morgan fingerprint density at radius 3 is 2.59 bits per heavy atom. The van der Waals surface area contributed by atoms with Gasteiger partial charge in [0.05, 0.1) is 22.0 Å². The molecule has 2 aromatic carbocycles. The molecular weight excluding hydrogens is 482 g/mol. The van der Waals surface area contributed by atoms with Gasteiger partial charge in [0.1, 0.15) is 6.10 Å². The number of para-hydroxylation sites is 1. The Balaban J connectivity index is 1.09. The smallest absolute Gasteiger partial charge is 0.151 e. The van der Waals surface area contributed by atoms with Gasteiger partial charge in [0.15, 0.2) is 4.34 Å². The molecule has 1 atom stereocenters. The van der Waals surface area contributed by atoms with Crippen LogP contribution in [0.15, 0.2) is 77.3 Å². The molecule has 4 nitrogen and oxygen atoms in total. The minimum atomic E-state index is -0.166. The number of thiazole rings is 1. The standard InChI is InChI=1S/C27H28ClN3OS2/c28-21-11-9-20(10-12-21)26(24-7-3-4-15-29-24)32-22-13-17-31(18-14-22)16-5-19-33-27-30-23-6-1-2-8-25(23)34-27/h1-4,6-12,15,22,26H,5,13-14,16-19H2. The summed E-state index contributed by atoms with van der Waals surface area (Å²) in [6.07, 6.45) is 5.16. The van der Waals surface area contributed by atoms with Crippen LogP contribution in [0.3, 0.4) is 0 Å². The van der Waals surface area contributed by atoms with Crippen LogP contribution in [0, 0.1) is 0 Å². The zero-order valence-corrected chi connectivity index (χ0v) is 21.4. The van der Waals surface area contributed by atoms with E-state index in [0.717, 1.165) is 60.0 Å². The number of thioether (sulfide) groups is 1. The summed E-state index contributed by atoms with van der Waals surface area (Å²) >= 11 is 9.78. The van der Waals surface area contributed by atoms with Crippen LogP contribution < -0.4 is 0 Å². The van der Waals surface area contributed by atoms with E-state index in [9.17, 15) is 0 Å². The SMILES string of the molecule is Clc1ccc(C(OC2CCN(CCCSc3nc4ccccc4s3)CC2)c2ccccn2)cc1. The Bertz CT molecular complexity index is 1140. The molecule has 1 aliphatic heterocycles. The Hall–Kier alpha value is -1.96. The molecule has 0 saturated carbocycles. The first kappa shape index (κ1) is 23.8. The molecule has 2 aromatic heterocycles. The normalized spacial score (nSPS) is 16.1. The fourth-order valence-corrected chi connectivity index (χ4v) is 6.50. The highest BCUT2D eigenvalue weighted by Gasteiger charge is 2.25. The molecule has 0 amide bonds. The number of hydrogen-bond acceptors (Lipinski definition) is 6. The average molecular weight is 510 g/mol. The van der Waals surface area contributed by atoms with E-state index in [2.05, 4.69) is 34.1 Å². The van der Waals surface area contributed by atoms with Crippen molar-refractivity contribution in [2.24, 2.45) is 0 Å². The van der Waals surface area contributed by atoms with Crippen LogP contribution in [-0.4, -0.2) is 46.4 Å². The van der Waals surface area contributed by atoms with Gasteiger partial charge in [0.25, 0.3) is 0 Å². The number of halogens is 1. The van der Waals surface area contributed by atoms with E-state index >= 15 is 0 Å². The number of nitrogens with zero attached hydrogens (tertiary/aromatic N) is 3. The zero-order valence-electron chi connectivity index (χ0n) is 19.0. The fourth-order valence-electron chi connectivity index (χ4n) is 4.31. The Kier molecular flexibility index (Phi) is 8.14. The molecule has 5 rings (SSSR count). The molecule has 1 aliphatic rings. The first-order valence-electron chi connectivity index (χ1n) is 11.8. The number of likely N-dealkylation sites (tertiary alicyclic amines) is 1. The summed E-state index contributed by atoms with van der Waals surface area (Å²) in [5.74, 6) is 1.11. The van der Waals surface area contributed by atoms with E-state index in [1.54, 1.807) is 11.3 Å². The van der Waals surface area contributed by atoms with Crippen LogP contribution in [0.2, 0.25) is 5.02 Å². The van der Waals surface area contributed by atoms with Gasteiger partial charge < -0.3 is 9.64 Å². The van der Waals surface area contributed by atoms with E-state index in [4.69, 9.17) is 21.3 Å². The predicted octanol–water partition coefficient (Wildman–Crippen LogP) is 7.10. The molecule has 1 unspecified atom stereocenters. The molecular formula is C27H28ClN3OS2. The van der Waals surface area contributed by atoms with E-state index < -0.39 is 0 Å². The second-order valence-corrected chi connectivity index (χ2v) is 11.3.